The van der Waals surface area contributed by atoms with Gasteiger partial charge in [0, 0.05) is 11.6 Å². The first-order chi connectivity index (χ1) is 18.7. The van der Waals surface area contributed by atoms with E-state index in [0.29, 0.717) is 0 Å². The molecule has 0 amide bonds. The average Bonchev–Trinajstić information content (AvgIpc) is 2.93. The molecule has 1 aliphatic rings. The third-order valence-corrected chi connectivity index (χ3v) is 8.35. The second kappa shape index (κ2) is 11.1. The van der Waals surface area contributed by atoms with Crippen molar-refractivity contribution < 1.29 is 22.4 Å². The summed E-state index contributed by atoms with van der Waals surface area (Å²) < 4.78 is 0. The van der Waals surface area contributed by atoms with Crippen molar-refractivity contribution in [1.82, 2.24) is 4.98 Å². The SMILES string of the molecule is CC(C)(C)c1cc(Sc2[c-]c(-c3cccc4c3[N-]c3ccccc3C4(C)C)ccc2)[c-]c(-c2ccccn2)c1.[Au+3]. The van der Waals surface area contributed by atoms with Crippen LogP contribution in [-0.2, 0) is 33.2 Å². The van der Waals surface area contributed by atoms with Gasteiger partial charge in [0.2, 0.25) is 0 Å². The van der Waals surface area contributed by atoms with Gasteiger partial charge in [0.1, 0.15) is 0 Å². The summed E-state index contributed by atoms with van der Waals surface area (Å²) in [4.78, 5) is 6.70. The van der Waals surface area contributed by atoms with Crippen molar-refractivity contribution in [3.63, 3.8) is 0 Å². The summed E-state index contributed by atoms with van der Waals surface area (Å²) in [7, 11) is 0. The molecule has 1 aliphatic heterocycles. The molecule has 0 unspecified atom stereocenters. The molecule has 0 radical (unpaired) electrons. The van der Waals surface area contributed by atoms with Crippen LogP contribution < -0.4 is 0 Å². The van der Waals surface area contributed by atoms with E-state index in [1.807, 2.05) is 24.4 Å². The predicted octanol–water partition coefficient (Wildman–Crippen LogP) is 10.4. The Morgan fingerprint density at radius 3 is 2.25 bits per heavy atom. The van der Waals surface area contributed by atoms with Crippen LogP contribution in [0, 0.1) is 12.1 Å². The van der Waals surface area contributed by atoms with Crippen molar-refractivity contribution in [3.05, 3.63) is 131 Å². The first kappa shape index (κ1) is 28.4. The molecule has 0 aliphatic carbocycles. The Hall–Kier alpha value is -3.08. The summed E-state index contributed by atoms with van der Waals surface area (Å²) in [5.41, 5.74) is 9.85. The van der Waals surface area contributed by atoms with E-state index in [9.17, 15) is 0 Å². The number of rotatable bonds is 4. The van der Waals surface area contributed by atoms with Crippen LogP contribution in [0.1, 0.15) is 51.3 Å². The van der Waals surface area contributed by atoms with E-state index < -0.39 is 0 Å². The topological polar surface area (TPSA) is 27.0 Å². The van der Waals surface area contributed by atoms with Crippen LogP contribution >= 0.6 is 11.8 Å². The number of pyridine rings is 1. The molecule has 0 spiro atoms. The summed E-state index contributed by atoms with van der Waals surface area (Å²) in [5, 5.41) is 5.14. The third-order valence-electron chi connectivity index (χ3n) is 7.45. The maximum Gasteiger partial charge on any atom is 3.00 e. The molecule has 5 aromatic rings. The second-order valence-electron chi connectivity index (χ2n) is 11.6. The molecule has 0 saturated heterocycles. The Morgan fingerprint density at radius 2 is 1.48 bits per heavy atom. The fourth-order valence-corrected chi connectivity index (χ4v) is 6.12. The zero-order chi connectivity index (χ0) is 27.2. The van der Waals surface area contributed by atoms with Gasteiger partial charge in [-0.3, -0.25) is 0 Å². The van der Waals surface area contributed by atoms with Crippen molar-refractivity contribution in [2.75, 3.05) is 0 Å². The van der Waals surface area contributed by atoms with Crippen LogP contribution in [-0.4, -0.2) is 4.98 Å². The summed E-state index contributed by atoms with van der Waals surface area (Å²) >= 11 is 1.69. The van der Waals surface area contributed by atoms with Crippen molar-refractivity contribution in [2.24, 2.45) is 0 Å². The number of hydrogen-bond acceptors (Lipinski definition) is 2. The number of fused-ring (bicyclic) bond motifs is 2. The molecule has 4 aromatic carbocycles. The van der Waals surface area contributed by atoms with Crippen LogP contribution in [0.15, 0.2) is 107 Å². The quantitative estimate of drug-likeness (QED) is 0.137. The third kappa shape index (κ3) is 5.44. The number of nitrogens with zero attached hydrogens (tertiary/aromatic N) is 2. The Morgan fingerprint density at radius 1 is 0.750 bits per heavy atom. The smallest absolute Gasteiger partial charge is 0.665 e. The molecule has 0 fully saturated rings. The van der Waals surface area contributed by atoms with Gasteiger partial charge in [0.25, 0.3) is 0 Å². The van der Waals surface area contributed by atoms with Gasteiger partial charge in [0.15, 0.2) is 0 Å². The normalized spacial score (nSPS) is 13.4. The van der Waals surface area contributed by atoms with Gasteiger partial charge < -0.3 is 10.3 Å². The van der Waals surface area contributed by atoms with Gasteiger partial charge in [-0.2, -0.15) is 5.69 Å². The minimum atomic E-state index is -0.125. The minimum absolute atomic E-state index is 0. The van der Waals surface area contributed by atoms with E-state index in [0.717, 1.165) is 43.6 Å². The Labute approximate surface area is 258 Å². The van der Waals surface area contributed by atoms with Crippen molar-refractivity contribution >= 4 is 23.1 Å². The van der Waals surface area contributed by atoms with E-state index in [4.69, 9.17) is 5.32 Å². The van der Waals surface area contributed by atoms with E-state index >= 15 is 0 Å². The van der Waals surface area contributed by atoms with Gasteiger partial charge in [-0.05, 0) is 17.2 Å². The Balaban J connectivity index is 0.00000323. The second-order valence-corrected chi connectivity index (χ2v) is 12.7. The van der Waals surface area contributed by atoms with E-state index in [2.05, 4.69) is 125 Å². The monoisotopic (exact) mass is 720 g/mol. The van der Waals surface area contributed by atoms with Crippen molar-refractivity contribution in [2.45, 2.75) is 55.2 Å². The van der Waals surface area contributed by atoms with Crippen LogP contribution in [0.5, 0.6) is 0 Å². The molecule has 4 heteroatoms. The zero-order valence-corrected chi connectivity index (χ0v) is 26.3. The first-order valence-electron chi connectivity index (χ1n) is 13.3. The standard InChI is InChI=1S/C36H31N2S.Au/c1-35(2,3)26-20-25(32-17-8-9-19-37-32)22-28(23-26)39-27-13-10-12-24(21-27)29-14-11-16-31-34(29)38-33-18-7-6-15-30(33)36(31,4)5;/h6-20,23H,1-5H3;/q-3;+3. The van der Waals surface area contributed by atoms with Crippen molar-refractivity contribution in [1.29, 1.82) is 0 Å². The molecule has 2 nitrogen and oxygen atoms in total. The molecular weight excluding hydrogens is 689 g/mol. The molecular formula is C36H31AuN2S. The molecule has 1 aromatic heterocycles. The maximum atomic E-state index is 5.14. The maximum absolute atomic E-state index is 5.14. The zero-order valence-electron chi connectivity index (χ0n) is 23.3. The molecule has 0 atom stereocenters. The van der Waals surface area contributed by atoms with Gasteiger partial charge in [-0.15, -0.1) is 82.2 Å². The van der Waals surface area contributed by atoms with Crippen LogP contribution in [0.3, 0.4) is 0 Å². The summed E-state index contributed by atoms with van der Waals surface area (Å²) in [5.74, 6) is 0. The van der Waals surface area contributed by atoms with E-state index in [1.165, 1.54) is 16.7 Å². The largest absolute Gasteiger partial charge is 3.00 e. The fraction of sp³-hybridized carbons (Fsp3) is 0.194. The van der Waals surface area contributed by atoms with Gasteiger partial charge in [-0.1, -0.05) is 110 Å². The fourth-order valence-electron chi connectivity index (χ4n) is 5.23. The molecule has 2 heterocycles. The minimum Gasteiger partial charge on any atom is -0.665 e. The van der Waals surface area contributed by atoms with Crippen molar-refractivity contribution in [3.8, 4) is 22.4 Å². The summed E-state index contributed by atoms with van der Waals surface area (Å²) in [6.07, 6.45) is 1.84. The summed E-state index contributed by atoms with van der Waals surface area (Å²) in [6, 6.07) is 39.2. The van der Waals surface area contributed by atoms with Gasteiger partial charge >= 0.3 is 22.4 Å². The predicted molar refractivity (Wildman–Crippen MR) is 163 cm³/mol. The molecule has 0 saturated carbocycles. The van der Waals surface area contributed by atoms with Crippen LogP contribution in [0.25, 0.3) is 27.7 Å². The number of aromatic nitrogens is 1. The molecule has 0 bridgehead atoms. The van der Waals surface area contributed by atoms with Gasteiger partial charge in [0.05, 0.1) is 0 Å². The number of benzene rings is 4. The first-order valence-corrected chi connectivity index (χ1v) is 14.2. The van der Waals surface area contributed by atoms with Crippen LogP contribution in [0.2, 0.25) is 0 Å². The molecule has 202 valence electrons. The molecule has 40 heavy (non-hydrogen) atoms. The number of para-hydroxylation sites is 2. The number of hydrogen-bond donors (Lipinski definition) is 0. The molecule has 6 rings (SSSR count). The Bertz CT molecular complexity index is 1670. The summed E-state index contributed by atoms with van der Waals surface area (Å²) in [6.45, 7) is 11.3. The molecule has 0 N–H and O–H groups in total. The van der Waals surface area contributed by atoms with Gasteiger partial charge in [-0.25, -0.2) is 0 Å². The average molecular weight is 721 g/mol. The van der Waals surface area contributed by atoms with E-state index in [1.54, 1.807) is 11.8 Å². The Kier molecular flexibility index (Phi) is 7.87. The van der Waals surface area contributed by atoms with Crippen LogP contribution in [0.4, 0.5) is 11.4 Å². The van der Waals surface area contributed by atoms with E-state index in [-0.39, 0.29) is 33.2 Å².